The largest absolute Gasteiger partial charge is 0.449 e. The molecule has 0 saturated carbocycles. The standard InChI is InChI=1S/C19H17NO4/c1-13(24-19(23)16-8-6-14(12-21)7-9-16)18(22)20-11-10-15-4-2-3-5-17(15)20/h2-9,12-13H,10-11H2,1H3/t13-/m0/s1. The normalized spacial score (nSPS) is 14.0. The van der Waals surface area contributed by atoms with Crippen LogP contribution in [0.4, 0.5) is 5.69 Å². The summed E-state index contributed by atoms with van der Waals surface area (Å²) in [6, 6.07) is 13.8. The molecular weight excluding hydrogens is 306 g/mol. The Bertz CT molecular complexity index is 782. The van der Waals surface area contributed by atoms with Crippen molar-refractivity contribution in [2.24, 2.45) is 0 Å². The van der Waals surface area contributed by atoms with E-state index < -0.39 is 12.1 Å². The van der Waals surface area contributed by atoms with Crippen molar-refractivity contribution in [1.82, 2.24) is 0 Å². The lowest BCUT2D eigenvalue weighted by Gasteiger charge is -2.21. The van der Waals surface area contributed by atoms with Crippen LogP contribution >= 0.6 is 0 Å². The number of fused-ring (bicyclic) bond motifs is 1. The summed E-state index contributed by atoms with van der Waals surface area (Å²) in [6.07, 6.45) is 0.622. The van der Waals surface area contributed by atoms with E-state index in [1.165, 1.54) is 24.3 Å². The van der Waals surface area contributed by atoms with Gasteiger partial charge in [0, 0.05) is 17.8 Å². The third kappa shape index (κ3) is 3.06. The van der Waals surface area contributed by atoms with Crippen molar-refractivity contribution < 1.29 is 19.1 Å². The number of para-hydroxylation sites is 1. The number of hydrogen-bond acceptors (Lipinski definition) is 4. The lowest BCUT2D eigenvalue weighted by molar-refractivity contribution is -0.126. The molecule has 0 aromatic heterocycles. The second kappa shape index (κ2) is 6.66. The molecular formula is C19H17NO4. The zero-order valence-corrected chi connectivity index (χ0v) is 13.3. The van der Waals surface area contributed by atoms with Crippen LogP contribution in [0.5, 0.6) is 0 Å². The highest BCUT2D eigenvalue weighted by atomic mass is 16.5. The summed E-state index contributed by atoms with van der Waals surface area (Å²) in [5.74, 6) is -0.821. The molecule has 3 rings (SSSR count). The summed E-state index contributed by atoms with van der Waals surface area (Å²) in [5, 5.41) is 0. The van der Waals surface area contributed by atoms with Gasteiger partial charge in [0.05, 0.1) is 5.56 Å². The molecule has 0 spiro atoms. The van der Waals surface area contributed by atoms with Crippen molar-refractivity contribution in [3.05, 3.63) is 65.2 Å². The first kappa shape index (κ1) is 15.9. The van der Waals surface area contributed by atoms with Crippen molar-refractivity contribution in [2.45, 2.75) is 19.4 Å². The number of nitrogens with zero attached hydrogens (tertiary/aromatic N) is 1. The van der Waals surface area contributed by atoms with Gasteiger partial charge in [-0.1, -0.05) is 30.3 Å². The lowest BCUT2D eigenvalue weighted by Crippen LogP contribution is -2.39. The van der Waals surface area contributed by atoms with Gasteiger partial charge < -0.3 is 9.64 Å². The molecule has 24 heavy (non-hydrogen) atoms. The van der Waals surface area contributed by atoms with Crippen molar-refractivity contribution >= 4 is 23.9 Å². The van der Waals surface area contributed by atoms with Crippen molar-refractivity contribution in [3.63, 3.8) is 0 Å². The summed E-state index contributed by atoms with van der Waals surface area (Å²) in [4.78, 5) is 37.0. The van der Waals surface area contributed by atoms with Crippen LogP contribution in [0.25, 0.3) is 0 Å². The molecule has 2 aromatic carbocycles. The Kier molecular flexibility index (Phi) is 4.42. The molecule has 0 saturated heterocycles. The Labute approximate surface area is 139 Å². The van der Waals surface area contributed by atoms with Gasteiger partial charge in [0.1, 0.15) is 6.29 Å². The first-order valence-corrected chi connectivity index (χ1v) is 7.75. The molecule has 1 heterocycles. The van der Waals surface area contributed by atoms with Gasteiger partial charge in [-0.05, 0) is 37.1 Å². The van der Waals surface area contributed by atoms with Crippen molar-refractivity contribution in [2.75, 3.05) is 11.4 Å². The van der Waals surface area contributed by atoms with Crippen LogP contribution in [-0.2, 0) is 16.0 Å². The first-order chi connectivity index (χ1) is 11.6. The summed E-state index contributed by atoms with van der Waals surface area (Å²) in [5.41, 5.74) is 2.78. The van der Waals surface area contributed by atoms with Gasteiger partial charge in [-0.2, -0.15) is 0 Å². The van der Waals surface area contributed by atoms with Gasteiger partial charge in [-0.25, -0.2) is 4.79 Å². The number of rotatable bonds is 4. The fraction of sp³-hybridized carbons (Fsp3) is 0.211. The van der Waals surface area contributed by atoms with Gasteiger partial charge >= 0.3 is 5.97 Å². The summed E-state index contributed by atoms with van der Waals surface area (Å²) in [7, 11) is 0. The van der Waals surface area contributed by atoms with Crippen LogP contribution in [0.1, 0.15) is 33.2 Å². The van der Waals surface area contributed by atoms with Crippen LogP contribution in [0.15, 0.2) is 48.5 Å². The molecule has 0 fully saturated rings. The predicted octanol–water partition coefficient (Wildman–Crippen LogP) is 2.63. The van der Waals surface area contributed by atoms with E-state index in [-0.39, 0.29) is 5.91 Å². The highest BCUT2D eigenvalue weighted by molar-refractivity contribution is 6.00. The lowest BCUT2D eigenvalue weighted by atomic mass is 10.1. The van der Waals surface area contributed by atoms with E-state index in [9.17, 15) is 14.4 Å². The zero-order chi connectivity index (χ0) is 17.1. The summed E-state index contributed by atoms with van der Waals surface area (Å²) >= 11 is 0. The van der Waals surface area contributed by atoms with E-state index in [1.54, 1.807) is 11.8 Å². The SMILES string of the molecule is C[C@H](OC(=O)c1ccc(C=O)cc1)C(=O)N1CCc2ccccc21. The smallest absolute Gasteiger partial charge is 0.338 e. The van der Waals surface area contributed by atoms with Crippen molar-refractivity contribution in [1.29, 1.82) is 0 Å². The van der Waals surface area contributed by atoms with E-state index in [1.807, 2.05) is 24.3 Å². The van der Waals surface area contributed by atoms with E-state index in [0.29, 0.717) is 24.0 Å². The predicted molar refractivity (Wildman–Crippen MR) is 89.2 cm³/mol. The molecule has 1 aliphatic rings. The average Bonchev–Trinajstić information content (AvgIpc) is 3.05. The zero-order valence-electron chi connectivity index (χ0n) is 13.3. The molecule has 5 nitrogen and oxygen atoms in total. The number of anilines is 1. The second-order valence-corrected chi connectivity index (χ2v) is 5.66. The highest BCUT2D eigenvalue weighted by Crippen LogP contribution is 2.28. The maximum Gasteiger partial charge on any atom is 0.338 e. The van der Waals surface area contributed by atoms with Gasteiger partial charge in [0.25, 0.3) is 5.91 Å². The Morgan fingerprint density at radius 1 is 1.12 bits per heavy atom. The molecule has 0 N–H and O–H groups in total. The molecule has 0 bridgehead atoms. The Morgan fingerprint density at radius 3 is 2.54 bits per heavy atom. The van der Waals surface area contributed by atoms with E-state index in [0.717, 1.165) is 17.7 Å². The Hall–Kier alpha value is -2.95. The molecule has 1 atom stereocenters. The van der Waals surface area contributed by atoms with Gasteiger partial charge in [0.2, 0.25) is 0 Å². The first-order valence-electron chi connectivity index (χ1n) is 7.75. The molecule has 5 heteroatoms. The fourth-order valence-electron chi connectivity index (χ4n) is 2.76. The van der Waals surface area contributed by atoms with Crippen LogP contribution in [0.2, 0.25) is 0 Å². The minimum Gasteiger partial charge on any atom is -0.449 e. The number of carbonyl (C=O) groups excluding carboxylic acids is 3. The van der Waals surface area contributed by atoms with Crippen LogP contribution in [-0.4, -0.2) is 30.8 Å². The summed E-state index contributed by atoms with van der Waals surface area (Å²) < 4.78 is 5.28. The number of hydrogen-bond donors (Lipinski definition) is 0. The molecule has 0 aliphatic carbocycles. The Morgan fingerprint density at radius 2 is 1.83 bits per heavy atom. The van der Waals surface area contributed by atoms with Crippen molar-refractivity contribution in [3.8, 4) is 0 Å². The van der Waals surface area contributed by atoms with E-state index in [4.69, 9.17) is 4.74 Å². The third-order valence-electron chi connectivity index (χ3n) is 4.07. The molecule has 1 aliphatic heterocycles. The van der Waals surface area contributed by atoms with Gasteiger partial charge in [0.15, 0.2) is 6.10 Å². The highest BCUT2D eigenvalue weighted by Gasteiger charge is 2.29. The number of carbonyl (C=O) groups is 3. The van der Waals surface area contributed by atoms with Crippen LogP contribution in [0, 0.1) is 0 Å². The maximum atomic E-state index is 12.6. The molecule has 0 unspecified atom stereocenters. The van der Waals surface area contributed by atoms with Gasteiger partial charge in [-0.15, -0.1) is 0 Å². The number of aldehydes is 1. The summed E-state index contributed by atoms with van der Waals surface area (Å²) in [6.45, 7) is 2.16. The third-order valence-corrected chi connectivity index (χ3v) is 4.07. The molecule has 2 aromatic rings. The van der Waals surface area contributed by atoms with E-state index >= 15 is 0 Å². The van der Waals surface area contributed by atoms with Gasteiger partial charge in [-0.3, -0.25) is 9.59 Å². The second-order valence-electron chi connectivity index (χ2n) is 5.66. The fourth-order valence-corrected chi connectivity index (χ4v) is 2.76. The van der Waals surface area contributed by atoms with E-state index in [2.05, 4.69) is 0 Å². The number of ether oxygens (including phenoxy) is 1. The topological polar surface area (TPSA) is 63.7 Å². The Balaban J connectivity index is 1.68. The molecule has 1 amide bonds. The monoisotopic (exact) mass is 323 g/mol. The minimum atomic E-state index is -0.880. The maximum absolute atomic E-state index is 12.6. The number of amides is 1. The number of benzene rings is 2. The van der Waals surface area contributed by atoms with Crippen LogP contribution in [0.3, 0.4) is 0 Å². The molecule has 0 radical (unpaired) electrons. The number of esters is 1. The minimum absolute atomic E-state index is 0.238. The van der Waals surface area contributed by atoms with Crippen LogP contribution < -0.4 is 4.90 Å². The quantitative estimate of drug-likeness (QED) is 0.641. The average molecular weight is 323 g/mol. The molecule has 122 valence electrons.